The zero-order valence-electron chi connectivity index (χ0n) is 10.7. The first-order valence-electron chi connectivity index (χ1n) is 5.74. The van der Waals surface area contributed by atoms with Crippen LogP contribution in [0.4, 0.5) is 10.2 Å². The molecule has 0 unspecified atom stereocenters. The van der Waals surface area contributed by atoms with Gasteiger partial charge in [0, 0.05) is 13.6 Å². The summed E-state index contributed by atoms with van der Waals surface area (Å²) in [7, 11) is 1.75. The van der Waals surface area contributed by atoms with Gasteiger partial charge in [0.25, 0.3) is 5.91 Å². The van der Waals surface area contributed by atoms with Crippen molar-refractivity contribution >= 4 is 23.3 Å². The number of hydrogen-bond donors (Lipinski definition) is 1. The Bertz CT molecular complexity index is 650. The van der Waals surface area contributed by atoms with E-state index in [1.807, 2.05) is 0 Å². The maximum atomic E-state index is 13.4. The van der Waals surface area contributed by atoms with Gasteiger partial charge >= 0.3 is 0 Å². The Morgan fingerprint density at radius 1 is 1.45 bits per heavy atom. The molecule has 0 aliphatic heterocycles. The standard InChI is InChI=1S/C13H12ClFN4O/c1-19(7-8-2-3-9(14)10(15)4-8)12-6-17-5-11(18-12)13(16)20/h2-6H,7H2,1H3,(H2,16,20). The van der Waals surface area contributed by atoms with Crippen molar-refractivity contribution in [3.8, 4) is 0 Å². The molecule has 104 valence electrons. The van der Waals surface area contributed by atoms with Crippen LogP contribution in [0.15, 0.2) is 30.6 Å². The van der Waals surface area contributed by atoms with Crippen LogP contribution in [-0.2, 0) is 6.54 Å². The summed E-state index contributed by atoms with van der Waals surface area (Å²) in [6, 6.07) is 4.56. The number of rotatable bonds is 4. The van der Waals surface area contributed by atoms with Crippen LogP contribution in [0.3, 0.4) is 0 Å². The van der Waals surface area contributed by atoms with Crippen LogP contribution in [0.1, 0.15) is 16.1 Å². The van der Waals surface area contributed by atoms with E-state index >= 15 is 0 Å². The molecule has 1 aromatic carbocycles. The maximum Gasteiger partial charge on any atom is 0.268 e. The van der Waals surface area contributed by atoms with Crippen molar-refractivity contribution in [1.29, 1.82) is 0 Å². The highest BCUT2D eigenvalue weighted by Gasteiger charge is 2.09. The first-order chi connectivity index (χ1) is 9.47. The van der Waals surface area contributed by atoms with Gasteiger partial charge in [0.1, 0.15) is 17.3 Å². The molecule has 0 bridgehead atoms. The van der Waals surface area contributed by atoms with Crippen LogP contribution in [0.5, 0.6) is 0 Å². The average Bonchev–Trinajstić information content (AvgIpc) is 2.43. The second-order valence-electron chi connectivity index (χ2n) is 4.23. The molecule has 0 radical (unpaired) electrons. The molecule has 0 atom stereocenters. The summed E-state index contributed by atoms with van der Waals surface area (Å²) in [6.45, 7) is 0.394. The SMILES string of the molecule is CN(Cc1ccc(Cl)c(F)c1)c1cncc(C(N)=O)n1. The van der Waals surface area contributed by atoms with Crippen molar-refractivity contribution in [3.05, 3.63) is 52.7 Å². The predicted molar refractivity (Wildman–Crippen MR) is 74.1 cm³/mol. The lowest BCUT2D eigenvalue weighted by molar-refractivity contribution is 0.0995. The van der Waals surface area contributed by atoms with Crippen LogP contribution in [-0.4, -0.2) is 22.9 Å². The van der Waals surface area contributed by atoms with Crippen LogP contribution in [0, 0.1) is 5.82 Å². The molecule has 7 heteroatoms. The third-order valence-electron chi connectivity index (χ3n) is 2.67. The summed E-state index contributed by atoms with van der Waals surface area (Å²) in [5.74, 6) is -0.656. The average molecular weight is 295 g/mol. The minimum absolute atomic E-state index is 0.0759. The van der Waals surface area contributed by atoms with Gasteiger partial charge in [-0.1, -0.05) is 17.7 Å². The molecular formula is C13H12ClFN4O. The number of carbonyl (C=O) groups excluding carboxylic acids is 1. The number of hydrogen-bond acceptors (Lipinski definition) is 4. The van der Waals surface area contributed by atoms with E-state index in [4.69, 9.17) is 17.3 Å². The van der Waals surface area contributed by atoms with Crippen molar-refractivity contribution in [1.82, 2.24) is 9.97 Å². The Balaban J connectivity index is 2.19. The summed E-state index contributed by atoms with van der Waals surface area (Å²) in [5, 5.41) is 0.0759. The summed E-state index contributed by atoms with van der Waals surface area (Å²) >= 11 is 5.63. The largest absolute Gasteiger partial charge is 0.364 e. The van der Waals surface area contributed by atoms with E-state index in [2.05, 4.69) is 9.97 Å². The number of aromatic nitrogens is 2. The summed E-state index contributed by atoms with van der Waals surface area (Å²) in [6.07, 6.45) is 2.79. The van der Waals surface area contributed by atoms with Crippen LogP contribution >= 0.6 is 11.6 Å². The normalized spacial score (nSPS) is 10.3. The van der Waals surface area contributed by atoms with Gasteiger partial charge in [-0.2, -0.15) is 0 Å². The van der Waals surface area contributed by atoms with Gasteiger partial charge in [0.2, 0.25) is 0 Å². The molecule has 1 heterocycles. The third-order valence-corrected chi connectivity index (χ3v) is 2.98. The summed E-state index contributed by atoms with van der Waals surface area (Å²) < 4.78 is 13.4. The van der Waals surface area contributed by atoms with Gasteiger partial charge in [-0.15, -0.1) is 0 Å². The number of nitrogens with two attached hydrogens (primary N) is 1. The minimum atomic E-state index is -0.648. The monoisotopic (exact) mass is 294 g/mol. The second-order valence-corrected chi connectivity index (χ2v) is 4.64. The molecular weight excluding hydrogens is 283 g/mol. The number of carbonyl (C=O) groups is 1. The lowest BCUT2D eigenvalue weighted by Crippen LogP contribution is -2.21. The number of anilines is 1. The predicted octanol–water partition coefficient (Wildman–Crippen LogP) is 2.00. The van der Waals surface area contributed by atoms with E-state index in [-0.39, 0.29) is 10.7 Å². The Labute approximate surface area is 120 Å². The Morgan fingerprint density at radius 2 is 2.20 bits per heavy atom. The number of nitrogens with zero attached hydrogens (tertiary/aromatic N) is 3. The van der Waals surface area contributed by atoms with E-state index in [1.165, 1.54) is 24.5 Å². The highest BCUT2D eigenvalue weighted by Crippen LogP contribution is 2.18. The van der Waals surface area contributed by atoms with Gasteiger partial charge in [-0.05, 0) is 17.7 Å². The zero-order chi connectivity index (χ0) is 14.7. The highest BCUT2D eigenvalue weighted by atomic mass is 35.5. The molecule has 2 N–H and O–H groups in total. The van der Waals surface area contributed by atoms with Gasteiger partial charge in [-0.25, -0.2) is 9.37 Å². The molecule has 1 aromatic heterocycles. The second kappa shape index (κ2) is 5.83. The van der Waals surface area contributed by atoms with Crippen LogP contribution in [0.25, 0.3) is 0 Å². The molecule has 1 amide bonds. The molecule has 5 nitrogen and oxygen atoms in total. The fraction of sp³-hybridized carbons (Fsp3) is 0.154. The molecule has 0 aliphatic rings. The minimum Gasteiger partial charge on any atom is -0.364 e. The Hall–Kier alpha value is -2.21. The topological polar surface area (TPSA) is 72.1 Å². The molecule has 0 aliphatic carbocycles. The summed E-state index contributed by atoms with van der Waals surface area (Å²) in [4.78, 5) is 20.8. The molecule has 0 saturated heterocycles. The number of halogens is 2. The first kappa shape index (κ1) is 14.2. The Kier molecular flexibility index (Phi) is 4.14. The van der Waals surface area contributed by atoms with Gasteiger partial charge in [-0.3, -0.25) is 9.78 Å². The lowest BCUT2D eigenvalue weighted by atomic mass is 10.2. The van der Waals surface area contributed by atoms with E-state index in [9.17, 15) is 9.18 Å². The van der Waals surface area contributed by atoms with Crippen LogP contribution in [0.2, 0.25) is 5.02 Å². The van der Waals surface area contributed by atoms with E-state index in [0.29, 0.717) is 12.4 Å². The fourth-order valence-corrected chi connectivity index (χ4v) is 1.77. The number of amides is 1. The quantitative estimate of drug-likeness (QED) is 0.936. The first-order valence-corrected chi connectivity index (χ1v) is 6.12. The van der Waals surface area contributed by atoms with Crippen molar-refractivity contribution in [2.24, 2.45) is 5.73 Å². The van der Waals surface area contributed by atoms with Crippen molar-refractivity contribution in [3.63, 3.8) is 0 Å². The molecule has 20 heavy (non-hydrogen) atoms. The molecule has 0 fully saturated rings. The van der Waals surface area contributed by atoms with Crippen molar-refractivity contribution < 1.29 is 9.18 Å². The Morgan fingerprint density at radius 3 is 2.85 bits per heavy atom. The van der Waals surface area contributed by atoms with Crippen molar-refractivity contribution in [2.75, 3.05) is 11.9 Å². The summed E-state index contributed by atoms with van der Waals surface area (Å²) in [5.41, 5.74) is 5.95. The number of benzene rings is 1. The smallest absolute Gasteiger partial charge is 0.268 e. The van der Waals surface area contributed by atoms with Crippen LogP contribution < -0.4 is 10.6 Å². The molecule has 2 aromatic rings. The molecule has 2 rings (SSSR count). The van der Waals surface area contributed by atoms with Gasteiger partial charge in [0.05, 0.1) is 17.4 Å². The van der Waals surface area contributed by atoms with Gasteiger partial charge in [0.15, 0.2) is 0 Å². The maximum absolute atomic E-state index is 13.4. The van der Waals surface area contributed by atoms with Crippen molar-refractivity contribution in [2.45, 2.75) is 6.54 Å². The molecule has 0 saturated carbocycles. The zero-order valence-corrected chi connectivity index (χ0v) is 11.4. The van der Waals surface area contributed by atoms with E-state index < -0.39 is 11.7 Å². The van der Waals surface area contributed by atoms with E-state index in [0.717, 1.165) is 5.56 Å². The number of primary amides is 1. The molecule has 0 spiro atoms. The van der Waals surface area contributed by atoms with Gasteiger partial charge < -0.3 is 10.6 Å². The lowest BCUT2D eigenvalue weighted by Gasteiger charge is -2.18. The highest BCUT2D eigenvalue weighted by molar-refractivity contribution is 6.30. The third kappa shape index (κ3) is 3.21. The van der Waals surface area contributed by atoms with E-state index in [1.54, 1.807) is 18.0 Å². The fourth-order valence-electron chi connectivity index (χ4n) is 1.65.